The molecular weight excluding hydrogens is 400 g/mol. The largest absolute Gasteiger partial charge is 0.506 e. The summed E-state index contributed by atoms with van der Waals surface area (Å²) in [6, 6.07) is 16.7. The van der Waals surface area contributed by atoms with Gasteiger partial charge in [0.1, 0.15) is 5.75 Å². The number of phenols is 1. The van der Waals surface area contributed by atoms with Crippen molar-refractivity contribution in [3.63, 3.8) is 0 Å². The number of nitrogens with one attached hydrogen (secondary N) is 1. The van der Waals surface area contributed by atoms with Gasteiger partial charge < -0.3 is 15.5 Å². The average Bonchev–Trinajstić information content (AvgIpc) is 3.00. The van der Waals surface area contributed by atoms with Crippen LogP contribution < -0.4 is 5.32 Å². The smallest absolute Gasteiger partial charge is 0.335 e. The number of carboxylic acid groups (broad SMARTS) is 1. The second kappa shape index (κ2) is 7.75. The van der Waals surface area contributed by atoms with Crippen LogP contribution in [0.4, 0.5) is 5.69 Å². The molecule has 0 unspecified atom stereocenters. The van der Waals surface area contributed by atoms with Gasteiger partial charge in [0.05, 0.1) is 28.9 Å². The number of anilines is 1. The van der Waals surface area contributed by atoms with Crippen LogP contribution in [-0.4, -0.2) is 38.8 Å². The summed E-state index contributed by atoms with van der Waals surface area (Å²) < 4.78 is 0. The SMILES string of the molecule is O=C(O)c1ccc(O)c(NC(=O)c2ccc3c(c2)C(=O)N(Cc2ccccc2)C3=O)c1. The van der Waals surface area contributed by atoms with Gasteiger partial charge in [-0.15, -0.1) is 0 Å². The maximum atomic E-state index is 12.8. The van der Waals surface area contributed by atoms with Crippen molar-refractivity contribution >= 4 is 29.4 Å². The molecule has 3 aromatic carbocycles. The number of aromatic hydroxyl groups is 1. The highest BCUT2D eigenvalue weighted by atomic mass is 16.4. The van der Waals surface area contributed by atoms with Crippen LogP contribution in [0.3, 0.4) is 0 Å². The number of carbonyl (C=O) groups is 4. The number of carboxylic acids is 1. The van der Waals surface area contributed by atoms with Crippen molar-refractivity contribution in [1.29, 1.82) is 0 Å². The zero-order valence-electron chi connectivity index (χ0n) is 16.0. The molecule has 1 aliphatic rings. The van der Waals surface area contributed by atoms with Crippen molar-refractivity contribution in [2.45, 2.75) is 6.54 Å². The Morgan fingerprint density at radius 1 is 0.839 bits per heavy atom. The van der Waals surface area contributed by atoms with Crippen LogP contribution in [0.1, 0.15) is 47.0 Å². The Morgan fingerprint density at radius 3 is 2.23 bits per heavy atom. The topological polar surface area (TPSA) is 124 Å². The molecule has 154 valence electrons. The second-order valence-corrected chi connectivity index (χ2v) is 6.93. The van der Waals surface area contributed by atoms with Gasteiger partial charge in [-0.3, -0.25) is 19.3 Å². The Kier molecular flexibility index (Phi) is 4.96. The van der Waals surface area contributed by atoms with Gasteiger partial charge in [-0.2, -0.15) is 0 Å². The molecule has 0 bridgehead atoms. The lowest BCUT2D eigenvalue weighted by molar-refractivity contribution is 0.0639. The monoisotopic (exact) mass is 416 g/mol. The molecule has 31 heavy (non-hydrogen) atoms. The van der Waals surface area contributed by atoms with Gasteiger partial charge in [0.25, 0.3) is 17.7 Å². The zero-order chi connectivity index (χ0) is 22.1. The molecule has 0 aromatic heterocycles. The van der Waals surface area contributed by atoms with Crippen molar-refractivity contribution in [2.75, 3.05) is 5.32 Å². The number of benzene rings is 3. The highest BCUT2D eigenvalue weighted by Crippen LogP contribution is 2.28. The minimum absolute atomic E-state index is 0.0847. The van der Waals surface area contributed by atoms with Crippen LogP contribution in [0.15, 0.2) is 66.7 Å². The highest BCUT2D eigenvalue weighted by Gasteiger charge is 2.36. The number of carbonyl (C=O) groups excluding carboxylic acids is 3. The summed E-state index contributed by atoms with van der Waals surface area (Å²) in [5.74, 6) is -3.13. The van der Waals surface area contributed by atoms with E-state index in [4.69, 9.17) is 5.11 Å². The number of amides is 3. The Hall–Kier alpha value is -4.46. The predicted octanol–water partition coefficient (Wildman–Crippen LogP) is 3.14. The molecule has 0 radical (unpaired) electrons. The van der Waals surface area contributed by atoms with E-state index in [0.717, 1.165) is 22.6 Å². The van der Waals surface area contributed by atoms with Crippen molar-refractivity contribution in [3.8, 4) is 5.75 Å². The molecule has 0 atom stereocenters. The standard InChI is InChI=1S/C23H16N2O6/c26-19-9-7-15(23(30)31)11-18(19)24-20(27)14-6-8-16-17(10-14)22(29)25(21(16)28)12-13-4-2-1-3-5-13/h1-11,26H,12H2,(H,24,27)(H,30,31). The lowest BCUT2D eigenvalue weighted by Crippen LogP contribution is -2.29. The van der Waals surface area contributed by atoms with Gasteiger partial charge in [0.15, 0.2) is 0 Å². The summed E-state index contributed by atoms with van der Waals surface area (Å²) in [4.78, 5) is 50.3. The van der Waals surface area contributed by atoms with E-state index in [1.54, 1.807) is 12.1 Å². The number of fused-ring (bicyclic) bond motifs is 1. The summed E-state index contributed by atoms with van der Waals surface area (Å²) in [6.45, 7) is 0.116. The minimum atomic E-state index is -1.21. The molecule has 0 fully saturated rings. The van der Waals surface area contributed by atoms with Gasteiger partial charge in [-0.1, -0.05) is 30.3 Å². The first-order valence-electron chi connectivity index (χ1n) is 9.27. The third-order valence-corrected chi connectivity index (χ3v) is 4.91. The van der Waals surface area contributed by atoms with E-state index < -0.39 is 23.7 Å². The molecule has 1 aliphatic heterocycles. The maximum absolute atomic E-state index is 12.8. The van der Waals surface area contributed by atoms with Gasteiger partial charge in [0, 0.05) is 5.56 Å². The van der Waals surface area contributed by atoms with E-state index in [9.17, 15) is 24.3 Å². The third-order valence-electron chi connectivity index (χ3n) is 4.91. The number of hydrogen-bond acceptors (Lipinski definition) is 5. The summed E-state index contributed by atoms with van der Waals surface area (Å²) in [6.07, 6.45) is 0. The first-order chi connectivity index (χ1) is 14.8. The number of nitrogens with zero attached hydrogens (tertiary/aromatic N) is 1. The quantitative estimate of drug-likeness (QED) is 0.434. The Labute approximate surface area is 176 Å². The molecule has 3 aromatic rings. The lowest BCUT2D eigenvalue weighted by atomic mass is 10.1. The summed E-state index contributed by atoms with van der Waals surface area (Å²) in [7, 11) is 0. The highest BCUT2D eigenvalue weighted by molar-refractivity contribution is 6.22. The van der Waals surface area contributed by atoms with Gasteiger partial charge in [-0.05, 0) is 42.0 Å². The van der Waals surface area contributed by atoms with Crippen LogP contribution in [-0.2, 0) is 6.54 Å². The normalized spacial score (nSPS) is 12.6. The summed E-state index contributed by atoms with van der Waals surface area (Å²) in [5, 5.41) is 21.4. The molecule has 8 nitrogen and oxygen atoms in total. The van der Waals surface area contributed by atoms with E-state index in [1.807, 2.05) is 18.2 Å². The van der Waals surface area contributed by atoms with Crippen molar-refractivity contribution in [1.82, 2.24) is 4.90 Å². The number of aromatic carboxylic acids is 1. The summed E-state index contributed by atoms with van der Waals surface area (Å²) in [5.41, 5.74) is 0.994. The molecular formula is C23H16N2O6. The molecule has 3 amide bonds. The van der Waals surface area contributed by atoms with Crippen LogP contribution in [0, 0.1) is 0 Å². The van der Waals surface area contributed by atoms with Crippen LogP contribution in [0.5, 0.6) is 5.75 Å². The molecule has 1 heterocycles. The summed E-state index contributed by atoms with van der Waals surface area (Å²) >= 11 is 0. The molecule has 0 spiro atoms. The molecule has 0 aliphatic carbocycles. The van der Waals surface area contributed by atoms with E-state index in [-0.39, 0.29) is 40.2 Å². The number of rotatable bonds is 5. The van der Waals surface area contributed by atoms with Crippen LogP contribution in [0.25, 0.3) is 0 Å². The Balaban J connectivity index is 1.58. The van der Waals surface area contributed by atoms with E-state index >= 15 is 0 Å². The fraction of sp³-hybridized carbons (Fsp3) is 0.0435. The first kappa shape index (κ1) is 19.8. The van der Waals surface area contributed by atoms with Gasteiger partial charge in [0.2, 0.25) is 0 Å². The molecule has 3 N–H and O–H groups in total. The number of phenolic OH excluding ortho intramolecular Hbond substituents is 1. The minimum Gasteiger partial charge on any atom is -0.506 e. The average molecular weight is 416 g/mol. The number of hydrogen-bond donors (Lipinski definition) is 3. The predicted molar refractivity (Wildman–Crippen MR) is 110 cm³/mol. The fourth-order valence-corrected chi connectivity index (χ4v) is 3.31. The first-order valence-corrected chi connectivity index (χ1v) is 9.27. The van der Waals surface area contributed by atoms with Crippen molar-refractivity contribution < 1.29 is 29.4 Å². The van der Waals surface area contributed by atoms with Crippen LogP contribution in [0.2, 0.25) is 0 Å². The van der Waals surface area contributed by atoms with Crippen LogP contribution >= 0.6 is 0 Å². The molecule has 4 rings (SSSR count). The van der Waals surface area contributed by atoms with Crippen molar-refractivity contribution in [2.24, 2.45) is 0 Å². The fourth-order valence-electron chi connectivity index (χ4n) is 3.31. The maximum Gasteiger partial charge on any atom is 0.335 e. The molecule has 0 saturated carbocycles. The Morgan fingerprint density at radius 2 is 1.52 bits per heavy atom. The van der Waals surface area contributed by atoms with E-state index in [1.165, 1.54) is 24.3 Å². The lowest BCUT2D eigenvalue weighted by Gasteiger charge is -2.13. The van der Waals surface area contributed by atoms with Crippen molar-refractivity contribution in [3.05, 3.63) is 94.5 Å². The van der Waals surface area contributed by atoms with Gasteiger partial charge in [-0.25, -0.2) is 4.79 Å². The Bertz CT molecular complexity index is 1240. The molecule has 8 heteroatoms. The molecule has 0 saturated heterocycles. The third kappa shape index (κ3) is 3.74. The van der Waals surface area contributed by atoms with E-state index in [0.29, 0.717) is 0 Å². The second-order valence-electron chi connectivity index (χ2n) is 6.93. The zero-order valence-corrected chi connectivity index (χ0v) is 16.0. The number of imide groups is 1. The van der Waals surface area contributed by atoms with Gasteiger partial charge >= 0.3 is 5.97 Å². The van der Waals surface area contributed by atoms with E-state index in [2.05, 4.69) is 5.32 Å².